The van der Waals surface area contributed by atoms with Crippen LogP contribution in [0, 0.1) is 5.92 Å². The van der Waals surface area contributed by atoms with Crippen LogP contribution in [-0.2, 0) is 6.42 Å². The van der Waals surface area contributed by atoms with Gasteiger partial charge in [-0.2, -0.15) is 0 Å². The molecule has 6 nitrogen and oxygen atoms in total. The van der Waals surface area contributed by atoms with E-state index in [-0.39, 0.29) is 36.6 Å². The molecule has 2 aliphatic heterocycles. The van der Waals surface area contributed by atoms with Crippen molar-refractivity contribution in [2.24, 2.45) is 5.92 Å². The minimum absolute atomic E-state index is 0. The van der Waals surface area contributed by atoms with Gasteiger partial charge in [-0.05, 0) is 19.0 Å². The van der Waals surface area contributed by atoms with Crippen LogP contribution in [-0.4, -0.2) is 43.4 Å². The summed E-state index contributed by atoms with van der Waals surface area (Å²) in [6.07, 6.45) is 1.05. The lowest BCUT2D eigenvalue weighted by Gasteiger charge is -2.28. The van der Waals surface area contributed by atoms with Crippen molar-refractivity contribution in [3.63, 3.8) is 0 Å². The Bertz CT molecular complexity index is 601. The van der Waals surface area contributed by atoms with Crippen LogP contribution in [0.1, 0.15) is 22.3 Å². The molecule has 1 aromatic rings. The number of aliphatic hydroxyl groups is 1. The standard InChI is InChI=1S/C15H20ClN3O3.2ClH/c16-11-5-10(14-9(13(11)17)2-4-22-14)15(21)19-6-8-1-3-18-7-12(8)20;;/h5,8,12,18,20H,1-4,6-7,17H2,(H,19,21);2*1H/t8-,12-;;/m0../s1. The van der Waals surface area contributed by atoms with E-state index in [9.17, 15) is 9.90 Å². The molecule has 0 saturated carbocycles. The Morgan fingerprint density at radius 3 is 2.96 bits per heavy atom. The van der Waals surface area contributed by atoms with Gasteiger partial charge in [0.05, 0.1) is 29.0 Å². The largest absolute Gasteiger partial charge is 0.492 e. The molecular weight excluding hydrogens is 377 g/mol. The second-order valence-corrected chi connectivity index (χ2v) is 6.16. The van der Waals surface area contributed by atoms with Crippen LogP contribution < -0.4 is 21.1 Å². The zero-order valence-electron chi connectivity index (χ0n) is 13.0. The lowest BCUT2D eigenvalue weighted by Crippen LogP contribution is -2.45. The molecule has 1 saturated heterocycles. The number of benzene rings is 1. The number of hydrogen-bond donors (Lipinski definition) is 4. The van der Waals surface area contributed by atoms with Crippen LogP contribution in [0.3, 0.4) is 0 Å². The first-order valence-electron chi connectivity index (χ1n) is 7.48. The average Bonchev–Trinajstić information content (AvgIpc) is 2.99. The maximum Gasteiger partial charge on any atom is 0.255 e. The number of amides is 1. The Balaban J connectivity index is 0.00000144. The quantitative estimate of drug-likeness (QED) is 0.577. The Kier molecular flexibility index (Phi) is 7.89. The Morgan fingerprint density at radius 2 is 2.25 bits per heavy atom. The van der Waals surface area contributed by atoms with Gasteiger partial charge in [-0.15, -0.1) is 24.8 Å². The van der Waals surface area contributed by atoms with Gasteiger partial charge in [0.25, 0.3) is 5.91 Å². The van der Waals surface area contributed by atoms with Crippen molar-refractivity contribution in [3.8, 4) is 5.75 Å². The second-order valence-electron chi connectivity index (χ2n) is 5.76. The zero-order chi connectivity index (χ0) is 15.7. The summed E-state index contributed by atoms with van der Waals surface area (Å²) in [5, 5.41) is 16.3. The molecule has 2 aliphatic rings. The lowest BCUT2D eigenvalue weighted by atomic mass is 9.95. The summed E-state index contributed by atoms with van der Waals surface area (Å²) in [5.41, 5.74) is 7.63. The third-order valence-electron chi connectivity index (χ3n) is 4.33. The van der Waals surface area contributed by atoms with Gasteiger partial charge in [0.1, 0.15) is 5.75 Å². The molecule has 1 aromatic carbocycles. The van der Waals surface area contributed by atoms with Crippen LogP contribution in [0.25, 0.3) is 0 Å². The first-order valence-corrected chi connectivity index (χ1v) is 7.86. The van der Waals surface area contributed by atoms with Gasteiger partial charge in [0.2, 0.25) is 0 Å². The van der Waals surface area contributed by atoms with Crippen molar-refractivity contribution in [3.05, 3.63) is 22.2 Å². The monoisotopic (exact) mass is 397 g/mol. The number of nitrogens with one attached hydrogen (secondary N) is 2. The topological polar surface area (TPSA) is 96.6 Å². The smallest absolute Gasteiger partial charge is 0.255 e. The summed E-state index contributed by atoms with van der Waals surface area (Å²) in [5.74, 6) is 0.347. The summed E-state index contributed by atoms with van der Waals surface area (Å²) < 4.78 is 5.54. The van der Waals surface area contributed by atoms with Crippen molar-refractivity contribution in [1.82, 2.24) is 10.6 Å². The number of nitrogen functional groups attached to an aromatic ring is 1. The fourth-order valence-corrected chi connectivity index (χ4v) is 3.21. The van der Waals surface area contributed by atoms with E-state index < -0.39 is 6.10 Å². The molecule has 1 amide bonds. The number of aliphatic hydroxyl groups excluding tert-OH is 1. The number of hydrogen-bond acceptors (Lipinski definition) is 5. The van der Waals surface area contributed by atoms with Crippen LogP contribution in [0.5, 0.6) is 5.75 Å². The summed E-state index contributed by atoms with van der Waals surface area (Å²) in [6, 6.07) is 1.55. The first kappa shape index (κ1) is 21.1. The van der Waals surface area contributed by atoms with Gasteiger partial charge >= 0.3 is 0 Å². The van der Waals surface area contributed by atoms with Gasteiger partial charge in [0.15, 0.2) is 0 Å². The number of fused-ring (bicyclic) bond motifs is 1. The van der Waals surface area contributed by atoms with Crippen molar-refractivity contribution >= 4 is 48.0 Å². The van der Waals surface area contributed by atoms with Crippen molar-refractivity contribution < 1.29 is 14.6 Å². The molecule has 2 heterocycles. The van der Waals surface area contributed by atoms with Gasteiger partial charge < -0.3 is 26.2 Å². The molecule has 24 heavy (non-hydrogen) atoms. The van der Waals surface area contributed by atoms with E-state index in [0.717, 1.165) is 18.5 Å². The van der Waals surface area contributed by atoms with Gasteiger partial charge in [0, 0.05) is 31.0 Å². The molecule has 2 atom stereocenters. The van der Waals surface area contributed by atoms with Crippen LogP contribution >= 0.6 is 36.4 Å². The number of halogens is 3. The van der Waals surface area contributed by atoms with E-state index in [2.05, 4.69) is 10.6 Å². The maximum atomic E-state index is 12.4. The number of anilines is 1. The van der Waals surface area contributed by atoms with Gasteiger partial charge in [-0.25, -0.2) is 0 Å². The number of β-amino-alcohol motifs (C(OH)–C–C–N with tert-alkyl or cyclic N) is 1. The highest BCUT2D eigenvalue weighted by Crippen LogP contribution is 2.38. The van der Waals surface area contributed by atoms with Crippen LogP contribution in [0.4, 0.5) is 5.69 Å². The molecular formula is C15H22Cl3N3O3. The Hall–Kier alpha value is -0.920. The number of ether oxygens (including phenoxy) is 1. The van der Waals surface area contributed by atoms with Crippen molar-refractivity contribution in [2.45, 2.75) is 18.9 Å². The van der Waals surface area contributed by atoms with E-state index in [1.807, 2.05) is 0 Å². The fraction of sp³-hybridized carbons (Fsp3) is 0.533. The highest BCUT2D eigenvalue weighted by Gasteiger charge is 2.27. The number of carbonyl (C=O) groups is 1. The molecule has 136 valence electrons. The molecule has 1 fully saturated rings. The molecule has 0 radical (unpaired) electrons. The zero-order valence-corrected chi connectivity index (χ0v) is 15.4. The third kappa shape index (κ3) is 4.18. The minimum atomic E-state index is -0.439. The minimum Gasteiger partial charge on any atom is -0.492 e. The van der Waals surface area contributed by atoms with Crippen LogP contribution in [0.2, 0.25) is 5.02 Å². The van der Waals surface area contributed by atoms with Crippen molar-refractivity contribution in [2.75, 3.05) is 32.0 Å². The van der Waals surface area contributed by atoms with E-state index in [1.165, 1.54) is 0 Å². The molecule has 9 heteroatoms. The van der Waals surface area contributed by atoms with E-state index in [4.69, 9.17) is 22.1 Å². The van der Waals surface area contributed by atoms with E-state index in [0.29, 0.717) is 48.1 Å². The van der Waals surface area contributed by atoms with Crippen molar-refractivity contribution in [1.29, 1.82) is 0 Å². The van der Waals surface area contributed by atoms with Crippen LogP contribution in [0.15, 0.2) is 6.07 Å². The van der Waals surface area contributed by atoms with Gasteiger partial charge in [-0.1, -0.05) is 11.6 Å². The molecule has 0 bridgehead atoms. The SMILES string of the molecule is Cl.Cl.Nc1c(Cl)cc(C(=O)NC[C@@H]2CCNC[C@@H]2O)c2c1CCO2. The van der Waals surface area contributed by atoms with E-state index in [1.54, 1.807) is 6.07 Å². The molecule has 0 unspecified atom stereocenters. The highest BCUT2D eigenvalue weighted by molar-refractivity contribution is 6.33. The summed E-state index contributed by atoms with van der Waals surface area (Å²) in [4.78, 5) is 12.4. The number of nitrogens with two attached hydrogens (primary N) is 1. The molecule has 0 spiro atoms. The van der Waals surface area contributed by atoms with E-state index >= 15 is 0 Å². The highest BCUT2D eigenvalue weighted by atomic mass is 35.5. The summed E-state index contributed by atoms with van der Waals surface area (Å²) in [7, 11) is 0. The fourth-order valence-electron chi connectivity index (χ4n) is 2.99. The number of carbonyl (C=O) groups excluding carboxylic acids is 1. The molecule has 0 aliphatic carbocycles. The Morgan fingerprint density at radius 1 is 1.50 bits per heavy atom. The average molecular weight is 399 g/mol. The number of piperidine rings is 1. The third-order valence-corrected chi connectivity index (χ3v) is 4.64. The summed E-state index contributed by atoms with van der Waals surface area (Å²) in [6.45, 7) is 2.35. The van der Waals surface area contributed by atoms with Gasteiger partial charge in [-0.3, -0.25) is 4.79 Å². The first-order chi connectivity index (χ1) is 10.6. The number of rotatable bonds is 3. The predicted octanol–water partition coefficient (Wildman–Crippen LogP) is 1.40. The molecule has 5 N–H and O–H groups in total. The summed E-state index contributed by atoms with van der Waals surface area (Å²) >= 11 is 6.10. The second kappa shape index (κ2) is 8.97. The molecule has 0 aromatic heterocycles. The lowest BCUT2D eigenvalue weighted by molar-refractivity contribution is 0.0752. The normalized spacial score (nSPS) is 21.8. The maximum absolute atomic E-state index is 12.4. The Labute approximate surface area is 158 Å². The molecule has 3 rings (SSSR count). The predicted molar refractivity (Wildman–Crippen MR) is 98.9 cm³/mol.